The summed E-state index contributed by atoms with van der Waals surface area (Å²) in [6, 6.07) is 13.0. The number of benzene rings is 2. The summed E-state index contributed by atoms with van der Waals surface area (Å²) in [4.78, 5) is 0.00645. The first-order valence-electron chi connectivity index (χ1n) is 6.31. The molecule has 0 spiro atoms. The number of nitrogens with two attached hydrogens (primary N) is 1. The second-order valence-electron chi connectivity index (χ2n) is 4.59. The Bertz CT molecular complexity index is 684. The van der Waals surface area contributed by atoms with Gasteiger partial charge in [-0.2, -0.15) is 0 Å². The molecule has 2 aromatic carbocycles. The maximum Gasteiger partial charge on any atom is 0.180 e. The molecule has 0 aliphatic carbocycles. The van der Waals surface area contributed by atoms with Gasteiger partial charge in [-0.3, -0.25) is 0 Å². The lowest BCUT2D eigenvalue weighted by molar-refractivity contribution is 0.592. The molecule has 0 bridgehead atoms. The van der Waals surface area contributed by atoms with Crippen LogP contribution < -0.4 is 5.73 Å². The molecule has 2 N–H and O–H groups in total. The van der Waals surface area contributed by atoms with E-state index in [1.54, 1.807) is 0 Å². The topological polar surface area (TPSA) is 60.2 Å². The average molecular weight is 293 g/mol. The summed E-state index contributed by atoms with van der Waals surface area (Å²) in [5.41, 5.74) is 6.63. The quantitative estimate of drug-likeness (QED) is 0.681. The van der Waals surface area contributed by atoms with Crippen LogP contribution in [0, 0.1) is 5.82 Å². The molecule has 0 fully saturated rings. The number of halogens is 1. The number of anilines is 1. The highest BCUT2D eigenvalue weighted by molar-refractivity contribution is 7.91. The first kappa shape index (κ1) is 14.5. The highest BCUT2D eigenvalue weighted by Crippen LogP contribution is 2.21. The molecule has 0 atom stereocenters. The van der Waals surface area contributed by atoms with Crippen molar-refractivity contribution < 1.29 is 12.8 Å². The van der Waals surface area contributed by atoms with E-state index in [1.807, 2.05) is 30.3 Å². The van der Waals surface area contributed by atoms with Crippen molar-refractivity contribution >= 4 is 15.5 Å². The predicted molar refractivity (Wildman–Crippen MR) is 77.6 cm³/mol. The molecule has 0 aliphatic heterocycles. The first-order valence-corrected chi connectivity index (χ1v) is 7.96. The van der Waals surface area contributed by atoms with E-state index in [2.05, 4.69) is 0 Å². The molecule has 106 valence electrons. The Hall–Kier alpha value is -1.88. The van der Waals surface area contributed by atoms with E-state index < -0.39 is 15.7 Å². The minimum absolute atomic E-state index is 0.00226. The molecular formula is C15H16FNO2S. The van der Waals surface area contributed by atoms with Crippen LogP contribution in [0.4, 0.5) is 10.1 Å². The zero-order chi connectivity index (χ0) is 14.6. The fourth-order valence-corrected chi connectivity index (χ4v) is 3.46. The van der Waals surface area contributed by atoms with Crippen LogP contribution in [0.2, 0.25) is 0 Å². The molecule has 0 heterocycles. The lowest BCUT2D eigenvalue weighted by Gasteiger charge is -2.07. The zero-order valence-electron chi connectivity index (χ0n) is 10.9. The lowest BCUT2D eigenvalue weighted by Crippen LogP contribution is -2.10. The third kappa shape index (κ3) is 3.57. The summed E-state index contributed by atoms with van der Waals surface area (Å²) in [7, 11) is -3.47. The minimum Gasteiger partial charge on any atom is -0.398 e. The van der Waals surface area contributed by atoms with Crippen LogP contribution in [0.25, 0.3) is 0 Å². The van der Waals surface area contributed by atoms with Gasteiger partial charge in [-0.25, -0.2) is 12.8 Å². The standard InChI is InChI=1S/C15H16FNO2S/c16-13-8-9-15(14(17)11-13)20(18,19)10-4-7-12-5-2-1-3-6-12/h1-3,5-6,8-9,11H,4,7,10,17H2. The molecule has 0 radical (unpaired) electrons. The summed E-state index contributed by atoms with van der Waals surface area (Å²) >= 11 is 0. The van der Waals surface area contributed by atoms with Crippen molar-refractivity contribution in [2.75, 3.05) is 11.5 Å². The highest BCUT2D eigenvalue weighted by Gasteiger charge is 2.17. The Labute approximate surface area is 118 Å². The largest absolute Gasteiger partial charge is 0.398 e. The van der Waals surface area contributed by atoms with Gasteiger partial charge in [0.1, 0.15) is 5.82 Å². The molecule has 2 aromatic rings. The monoisotopic (exact) mass is 293 g/mol. The first-order chi connectivity index (χ1) is 9.49. The van der Waals surface area contributed by atoms with E-state index >= 15 is 0 Å². The van der Waals surface area contributed by atoms with E-state index in [-0.39, 0.29) is 16.3 Å². The van der Waals surface area contributed by atoms with Crippen molar-refractivity contribution in [3.05, 3.63) is 59.9 Å². The zero-order valence-corrected chi connectivity index (χ0v) is 11.7. The van der Waals surface area contributed by atoms with Crippen molar-refractivity contribution in [1.29, 1.82) is 0 Å². The maximum absolute atomic E-state index is 12.9. The van der Waals surface area contributed by atoms with Crippen LogP contribution in [0.5, 0.6) is 0 Å². The molecule has 5 heteroatoms. The Morgan fingerprint density at radius 3 is 2.40 bits per heavy atom. The molecule has 2 rings (SSSR count). The third-order valence-electron chi connectivity index (χ3n) is 3.03. The Kier molecular flexibility index (Phi) is 4.39. The van der Waals surface area contributed by atoms with Gasteiger partial charge in [0, 0.05) is 0 Å². The van der Waals surface area contributed by atoms with E-state index in [1.165, 1.54) is 6.07 Å². The number of nitrogen functional groups attached to an aromatic ring is 1. The molecule has 0 saturated carbocycles. The average Bonchev–Trinajstić information content (AvgIpc) is 2.39. The van der Waals surface area contributed by atoms with E-state index in [0.717, 1.165) is 17.7 Å². The van der Waals surface area contributed by atoms with Gasteiger partial charge in [-0.1, -0.05) is 30.3 Å². The summed E-state index contributed by atoms with van der Waals surface area (Å²) in [6.07, 6.45) is 1.18. The number of aryl methyl sites for hydroxylation is 1. The number of hydrogen-bond acceptors (Lipinski definition) is 3. The van der Waals surface area contributed by atoms with Gasteiger partial charge in [-0.15, -0.1) is 0 Å². The summed E-state index contributed by atoms with van der Waals surface area (Å²) in [6.45, 7) is 0. The normalized spacial score (nSPS) is 11.4. The van der Waals surface area contributed by atoms with Gasteiger partial charge >= 0.3 is 0 Å². The lowest BCUT2D eigenvalue weighted by atomic mass is 10.1. The van der Waals surface area contributed by atoms with E-state index in [9.17, 15) is 12.8 Å². The third-order valence-corrected chi connectivity index (χ3v) is 4.90. The molecule has 20 heavy (non-hydrogen) atoms. The summed E-state index contributed by atoms with van der Waals surface area (Å²) in [5, 5.41) is 0. The molecule has 0 saturated heterocycles. The van der Waals surface area contributed by atoms with Crippen molar-refractivity contribution in [2.45, 2.75) is 17.7 Å². The molecule has 0 unspecified atom stereocenters. The van der Waals surface area contributed by atoms with Crippen LogP contribution in [0.1, 0.15) is 12.0 Å². The number of rotatable bonds is 5. The van der Waals surface area contributed by atoms with Crippen LogP contribution in [-0.2, 0) is 16.3 Å². The second-order valence-corrected chi connectivity index (χ2v) is 6.67. The number of hydrogen-bond donors (Lipinski definition) is 1. The van der Waals surface area contributed by atoms with Crippen molar-refractivity contribution in [3.63, 3.8) is 0 Å². The highest BCUT2D eigenvalue weighted by atomic mass is 32.2. The fourth-order valence-electron chi connectivity index (χ4n) is 2.02. The maximum atomic E-state index is 12.9. The van der Waals surface area contributed by atoms with Crippen LogP contribution >= 0.6 is 0 Å². The van der Waals surface area contributed by atoms with Gasteiger partial charge < -0.3 is 5.73 Å². The van der Waals surface area contributed by atoms with Crippen LogP contribution in [0.15, 0.2) is 53.4 Å². The van der Waals surface area contributed by atoms with Gasteiger partial charge in [-0.05, 0) is 36.6 Å². The van der Waals surface area contributed by atoms with Crippen LogP contribution in [0.3, 0.4) is 0 Å². The van der Waals surface area contributed by atoms with Crippen molar-refractivity contribution in [3.8, 4) is 0 Å². The molecule has 0 aromatic heterocycles. The SMILES string of the molecule is Nc1cc(F)ccc1S(=O)(=O)CCCc1ccccc1. The van der Waals surface area contributed by atoms with E-state index in [4.69, 9.17) is 5.73 Å². The summed E-state index contributed by atoms with van der Waals surface area (Å²) < 4.78 is 37.2. The van der Waals surface area contributed by atoms with Crippen molar-refractivity contribution in [2.24, 2.45) is 0 Å². The van der Waals surface area contributed by atoms with E-state index in [0.29, 0.717) is 12.8 Å². The minimum atomic E-state index is -3.47. The molecular weight excluding hydrogens is 277 g/mol. The predicted octanol–water partition coefficient (Wildman–Crippen LogP) is 2.81. The molecule has 0 aliphatic rings. The smallest absolute Gasteiger partial charge is 0.180 e. The van der Waals surface area contributed by atoms with Gasteiger partial charge in [0.15, 0.2) is 9.84 Å². The van der Waals surface area contributed by atoms with Crippen molar-refractivity contribution in [1.82, 2.24) is 0 Å². The Morgan fingerprint density at radius 1 is 1.05 bits per heavy atom. The van der Waals surface area contributed by atoms with Gasteiger partial charge in [0.25, 0.3) is 0 Å². The molecule has 0 amide bonds. The molecule has 3 nitrogen and oxygen atoms in total. The second kappa shape index (κ2) is 6.05. The Balaban J connectivity index is 2.04. The summed E-state index contributed by atoms with van der Waals surface area (Å²) in [5.74, 6) is -0.539. The van der Waals surface area contributed by atoms with Crippen LogP contribution in [-0.4, -0.2) is 14.2 Å². The van der Waals surface area contributed by atoms with Gasteiger partial charge in [0.05, 0.1) is 16.3 Å². The Morgan fingerprint density at radius 2 is 1.75 bits per heavy atom. The fraction of sp³-hybridized carbons (Fsp3) is 0.200. The van der Waals surface area contributed by atoms with Gasteiger partial charge in [0.2, 0.25) is 0 Å². The number of sulfone groups is 1.